The Morgan fingerprint density at radius 3 is 2.36 bits per heavy atom. The van der Waals surface area contributed by atoms with Gasteiger partial charge in [0.1, 0.15) is 6.54 Å². The van der Waals surface area contributed by atoms with E-state index in [0.717, 1.165) is 58.0 Å². The number of amides is 3. The van der Waals surface area contributed by atoms with E-state index in [1.54, 1.807) is 11.1 Å². The molecule has 3 amide bonds. The molecule has 0 spiro atoms. The number of anilines is 1. The monoisotopic (exact) mass is 622 g/mol. The van der Waals surface area contributed by atoms with Crippen molar-refractivity contribution in [3.63, 3.8) is 0 Å². The molecule has 1 saturated carbocycles. The first-order valence-corrected chi connectivity index (χ1v) is 16.1. The van der Waals surface area contributed by atoms with Crippen LogP contribution in [0, 0.1) is 19.8 Å². The van der Waals surface area contributed by atoms with Crippen molar-refractivity contribution in [1.29, 1.82) is 0 Å². The van der Waals surface area contributed by atoms with Crippen molar-refractivity contribution in [3.05, 3.63) is 119 Å². The summed E-state index contributed by atoms with van der Waals surface area (Å²) >= 11 is 0. The van der Waals surface area contributed by atoms with Crippen molar-refractivity contribution in [3.8, 4) is 0 Å². The lowest BCUT2D eigenvalue weighted by molar-refractivity contribution is -0.136. The number of aryl methyl sites for hydroxylation is 2. The number of nitrogens with zero attached hydrogens (tertiary/aromatic N) is 6. The van der Waals surface area contributed by atoms with Crippen LogP contribution in [0.3, 0.4) is 0 Å². The van der Waals surface area contributed by atoms with Crippen LogP contribution in [0.2, 0.25) is 0 Å². The molecule has 9 heteroatoms. The van der Waals surface area contributed by atoms with Gasteiger partial charge in [-0.1, -0.05) is 101 Å². The van der Waals surface area contributed by atoms with E-state index < -0.39 is 23.9 Å². The molecule has 0 aromatic heterocycles. The fourth-order valence-electron chi connectivity index (χ4n) is 7.37. The highest BCUT2D eigenvalue weighted by Gasteiger charge is 2.56. The van der Waals surface area contributed by atoms with Crippen LogP contribution in [0.25, 0.3) is 16.8 Å². The van der Waals surface area contributed by atoms with E-state index in [-0.39, 0.29) is 24.4 Å². The molecule has 0 N–H and O–H groups in total. The molecule has 4 aliphatic rings. The molecular weight excluding hydrogens is 588 g/mol. The fraction of sp³-hybridized carbons (Fsp3) is 0.263. The summed E-state index contributed by atoms with van der Waals surface area (Å²) in [7, 11) is 0. The topological polar surface area (TPSA) is 98.0 Å². The number of hydrogen-bond donors (Lipinski definition) is 0. The molecule has 4 aromatic rings. The average Bonchev–Trinajstić information content (AvgIpc) is 3.75. The molecule has 47 heavy (non-hydrogen) atoms. The van der Waals surface area contributed by atoms with Crippen LogP contribution < -0.4 is 4.90 Å². The summed E-state index contributed by atoms with van der Waals surface area (Å²) in [5.41, 5.74) is 7.04. The van der Waals surface area contributed by atoms with Gasteiger partial charge in [-0.3, -0.25) is 19.4 Å². The van der Waals surface area contributed by atoms with E-state index in [2.05, 4.69) is 71.9 Å². The number of hydrazone groups is 1. The molecule has 4 aromatic carbocycles. The SMILES string of the molecule is Cc1ccc(/C=C2/CCC[C@@H]3C2=NN(C(=O)CN2N=N[C@@H]4C(=O)N(c5cccc6ccccc56)C(=O)[C@H]42)[C@H]3c2ccc(C)cc2)cc1. The summed E-state index contributed by atoms with van der Waals surface area (Å²) in [6.45, 7) is 3.89. The van der Waals surface area contributed by atoms with Crippen LogP contribution >= 0.6 is 0 Å². The molecule has 2 fully saturated rings. The van der Waals surface area contributed by atoms with Crippen molar-refractivity contribution in [2.75, 3.05) is 11.4 Å². The first-order chi connectivity index (χ1) is 22.9. The van der Waals surface area contributed by atoms with Gasteiger partial charge in [0.15, 0.2) is 12.1 Å². The number of fused-ring (bicyclic) bond motifs is 3. The molecule has 3 aliphatic heterocycles. The van der Waals surface area contributed by atoms with E-state index in [4.69, 9.17) is 5.10 Å². The van der Waals surface area contributed by atoms with Crippen molar-refractivity contribution in [2.45, 2.75) is 51.2 Å². The number of rotatable bonds is 5. The molecule has 0 bridgehead atoms. The van der Waals surface area contributed by atoms with Gasteiger partial charge in [-0.05, 0) is 67.3 Å². The zero-order chi connectivity index (χ0) is 32.2. The van der Waals surface area contributed by atoms with E-state index in [1.807, 2.05) is 43.3 Å². The zero-order valence-electron chi connectivity index (χ0n) is 26.3. The molecule has 4 atom stereocenters. The van der Waals surface area contributed by atoms with E-state index in [9.17, 15) is 14.4 Å². The van der Waals surface area contributed by atoms with Gasteiger partial charge in [0.05, 0.1) is 17.4 Å². The number of imide groups is 1. The molecule has 8 rings (SSSR count). The normalized spacial score (nSPS) is 24.3. The molecule has 234 valence electrons. The van der Waals surface area contributed by atoms with Crippen LogP contribution in [0.1, 0.15) is 47.6 Å². The highest BCUT2D eigenvalue weighted by atomic mass is 16.2. The van der Waals surface area contributed by atoms with Gasteiger partial charge in [-0.15, -0.1) is 0 Å². The summed E-state index contributed by atoms with van der Waals surface area (Å²) in [5, 5.41) is 18.1. The van der Waals surface area contributed by atoms with Gasteiger partial charge in [-0.25, -0.2) is 9.91 Å². The van der Waals surface area contributed by atoms with Gasteiger partial charge in [0, 0.05) is 11.3 Å². The van der Waals surface area contributed by atoms with Crippen molar-refractivity contribution in [1.82, 2.24) is 10.0 Å². The Hall–Kier alpha value is -5.44. The van der Waals surface area contributed by atoms with Gasteiger partial charge in [0.25, 0.3) is 17.7 Å². The largest absolute Gasteiger partial charge is 0.271 e. The third-order valence-corrected chi connectivity index (χ3v) is 9.76. The maximum atomic E-state index is 14.2. The summed E-state index contributed by atoms with van der Waals surface area (Å²) in [4.78, 5) is 42.9. The predicted molar refractivity (Wildman–Crippen MR) is 180 cm³/mol. The summed E-state index contributed by atoms with van der Waals surface area (Å²) < 4.78 is 0. The van der Waals surface area contributed by atoms with Crippen LogP contribution in [0.4, 0.5) is 5.69 Å². The Morgan fingerprint density at radius 2 is 1.57 bits per heavy atom. The van der Waals surface area contributed by atoms with Crippen LogP contribution in [-0.4, -0.2) is 52.1 Å². The molecule has 0 unspecified atom stereocenters. The first-order valence-electron chi connectivity index (χ1n) is 16.1. The highest BCUT2D eigenvalue weighted by Crippen LogP contribution is 2.45. The maximum absolute atomic E-state index is 14.2. The summed E-state index contributed by atoms with van der Waals surface area (Å²) in [5.74, 6) is -1.13. The minimum atomic E-state index is -1.00. The Bertz CT molecular complexity index is 2010. The first kappa shape index (κ1) is 29.0. The van der Waals surface area contributed by atoms with Gasteiger partial charge >= 0.3 is 0 Å². The third-order valence-electron chi connectivity index (χ3n) is 9.76. The van der Waals surface area contributed by atoms with Gasteiger partial charge in [0.2, 0.25) is 0 Å². The number of allylic oxidation sites excluding steroid dienone is 1. The Morgan fingerprint density at radius 1 is 0.851 bits per heavy atom. The second-order valence-corrected chi connectivity index (χ2v) is 12.9. The van der Waals surface area contributed by atoms with Crippen molar-refractivity contribution >= 4 is 46.0 Å². The molecular formula is C38H34N6O3. The molecule has 9 nitrogen and oxygen atoms in total. The zero-order valence-corrected chi connectivity index (χ0v) is 26.3. The number of carbonyl (C=O) groups excluding carboxylic acids is 3. The second-order valence-electron chi connectivity index (χ2n) is 12.9. The standard InChI is InChI=1S/C38H34N6O3/c1-23-13-17-25(18-14-23)21-28-9-5-11-30-33(28)40-44(35(30)27-19-15-24(2)16-20-27)32(45)22-42-36-34(39-41-42)37(46)43(38(36)47)31-12-6-8-26-7-3-4-10-29(26)31/h3-4,6-8,10,12-21,30,34-36H,5,9,11,22H2,1-2H3/b28-21-/t30-,34+,35+,36+/m1/s1. The molecule has 0 radical (unpaired) electrons. The number of benzene rings is 4. The summed E-state index contributed by atoms with van der Waals surface area (Å²) in [6.07, 6.45) is 4.98. The van der Waals surface area contributed by atoms with Crippen LogP contribution in [0.15, 0.2) is 112 Å². The number of hydrogen-bond acceptors (Lipinski definition) is 7. The van der Waals surface area contributed by atoms with Crippen molar-refractivity contribution in [2.24, 2.45) is 21.4 Å². The lowest BCUT2D eigenvalue weighted by Crippen LogP contribution is -2.45. The number of carbonyl (C=O) groups is 3. The summed E-state index contributed by atoms with van der Waals surface area (Å²) in [6, 6.07) is 27.6. The Labute approximate surface area is 272 Å². The lowest BCUT2D eigenvalue weighted by atomic mass is 9.77. The third kappa shape index (κ3) is 4.93. The minimum absolute atomic E-state index is 0.0385. The van der Waals surface area contributed by atoms with E-state index in [1.165, 1.54) is 15.5 Å². The predicted octanol–water partition coefficient (Wildman–Crippen LogP) is 6.57. The Kier molecular flexibility index (Phi) is 7.04. The van der Waals surface area contributed by atoms with Crippen molar-refractivity contribution < 1.29 is 14.4 Å². The molecule has 1 aliphatic carbocycles. The maximum Gasteiger partial charge on any atom is 0.264 e. The smallest absolute Gasteiger partial charge is 0.264 e. The second kappa shape index (κ2) is 11.4. The fourth-order valence-corrected chi connectivity index (χ4v) is 7.37. The minimum Gasteiger partial charge on any atom is -0.271 e. The van der Waals surface area contributed by atoms with Gasteiger partial charge < -0.3 is 0 Å². The van der Waals surface area contributed by atoms with Gasteiger partial charge in [-0.2, -0.15) is 10.2 Å². The van der Waals surface area contributed by atoms with Crippen LogP contribution in [0.5, 0.6) is 0 Å². The van der Waals surface area contributed by atoms with E-state index in [0.29, 0.717) is 5.69 Å². The molecule has 3 heterocycles. The molecule has 1 saturated heterocycles. The van der Waals surface area contributed by atoms with E-state index >= 15 is 0 Å². The quantitative estimate of drug-likeness (QED) is 0.235. The highest BCUT2D eigenvalue weighted by molar-refractivity contribution is 6.27. The lowest BCUT2D eigenvalue weighted by Gasteiger charge is -2.30. The van der Waals surface area contributed by atoms with Crippen LogP contribution in [-0.2, 0) is 14.4 Å². The Balaban J connectivity index is 1.10. The average molecular weight is 623 g/mol.